The molecule has 1 aromatic heterocycles. The fraction of sp³-hybridized carbons (Fsp3) is 0.310. The number of halogens is 1. The number of aromatic nitrogens is 1. The first-order valence-electron chi connectivity index (χ1n) is 13.1. The number of rotatable bonds is 13. The Kier molecular flexibility index (Phi) is 11.4. The Labute approximate surface area is 233 Å². The normalized spacial score (nSPS) is 10.6. The Bertz CT molecular complexity index is 1270. The van der Waals surface area contributed by atoms with Gasteiger partial charge in [0, 0.05) is 37.2 Å². The second kappa shape index (κ2) is 15.2. The molecule has 1 heterocycles. The van der Waals surface area contributed by atoms with Gasteiger partial charge in [-0.1, -0.05) is 13.8 Å². The van der Waals surface area contributed by atoms with Crippen molar-refractivity contribution in [3.05, 3.63) is 72.7 Å². The van der Waals surface area contributed by atoms with Gasteiger partial charge >= 0.3 is 6.03 Å². The van der Waals surface area contributed by atoms with Crippen LogP contribution in [-0.2, 0) is 9.59 Å². The van der Waals surface area contributed by atoms with E-state index in [0.717, 1.165) is 26.1 Å². The highest BCUT2D eigenvalue weighted by atomic mass is 19.1. The molecule has 212 valence electrons. The number of amides is 4. The second-order valence-corrected chi connectivity index (χ2v) is 9.02. The van der Waals surface area contributed by atoms with Gasteiger partial charge in [-0.3, -0.25) is 14.9 Å². The number of hydrogen-bond donors (Lipinski definition) is 3. The smallest absolute Gasteiger partial charge is 0.322 e. The van der Waals surface area contributed by atoms with Gasteiger partial charge in [-0.15, -0.1) is 0 Å². The number of nitrogens with one attached hydrogen (secondary N) is 3. The number of nitrogens with zero attached hydrogens (tertiary/aromatic N) is 3. The van der Waals surface area contributed by atoms with Gasteiger partial charge in [-0.2, -0.15) is 0 Å². The van der Waals surface area contributed by atoms with E-state index in [1.807, 2.05) is 0 Å². The molecule has 0 aliphatic rings. The lowest BCUT2D eigenvalue weighted by molar-refractivity contribution is -0.123. The first-order valence-corrected chi connectivity index (χ1v) is 13.1. The lowest BCUT2D eigenvalue weighted by atomic mass is 10.2. The van der Waals surface area contributed by atoms with Gasteiger partial charge in [-0.25, -0.2) is 14.2 Å². The zero-order valence-electron chi connectivity index (χ0n) is 22.9. The Morgan fingerprint density at radius 3 is 2.02 bits per heavy atom. The number of hydrogen-bond acceptors (Lipinski definition) is 6. The summed E-state index contributed by atoms with van der Waals surface area (Å²) in [5.41, 5.74) is 0.885. The van der Waals surface area contributed by atoms with Crippen molar-refractivity contribution in [1.82, 2.24) is 14.8 Å². The summed E-state index contributed by atoms with van der Waals surface area (Å²) in [5.74, 6) is -0.0931. The van der Waals surface area contributed by atoms with Crippen LogP contribution in [0.15, 0.2) is 66.9 Å². The Balaban J connectivity index is 1.46. The molecule has 0 aliphatic carbocycles. The van der Waals surface area contributed by atoms with Crippen LogP contribution in [0.25, 0.3) is 0 Å². The lowest BCUT2D eigenvalue weighted by Crippen LogP contribution is -2.34. The van der Waals surface area contributed by atoms with Crippen LogP contribution >= 0.6 is 0 Å². The van der Waals surface area contributed by atoms with Crippen LogP contribution in [-0.4, -0.2) is 65.9 Å². The predicted octanol–water partition coefficient (Wildman–Crippen LogP) is 5.18. The summed E-state index contributed by atoms with van der Waals surface area (Å²) in [7, 11) is 1.75. The van der Waals surface area contributed by atoms with E-state index in [0.29, 0.717) is 35.2 Å². The molecule has 0 atom stereocenters. The number of pyridine rings is 1. The van der Waals surface area contributed by atoms with Crippen molar-refractivity contribution in [3.8, 4) is 11.5 Å². The largest absolute Gasteiger partial charge is 0.457 e. The second-order valence-electron chi connectivity index (χ2n) is 9.02. The molecule has 0 aliphatic heterocycles. The van der Waals surface area contributed by atoms with E-state index < -0.39 is 24.1 Å². The molecule has 11 heteroatoms. The maximum atomic E-state index is 13.0. The Morgan fingerprint density at radius 2 is 1.43 bits per heavy atom. The number of carbonyl (C=O) groups excluding carboxylic acids is 3. The van der Waals surface area contributed by atoms with E-state index >= 15 is 0 Å². The summed E-state index contributed by atoms with van der Waals surface area (Å²) in [6.45, 7) is 7.77. The maximum absolute atomic E-state index is 13.0. The number of urea groups is 1. The monoisotopic (exact) mass is 550 g/mol. The quantitative estimate of drug-likeness (QED) is 0.253. The average molecular weight is 551 g/mol. The van der Waals surface area contributed by atoms with Crippen molar-refractivity contribution in [3.63, 3.8) is 0 Å². The third-order valence-electron chi connectivity index (χ3n) is 6.00. The zero-order valence-corrected chi connectivity index (χ0v) is 22.9. The number of carbonyl (C=O) groups is 3. The van der Waals surface area contributed by atoms with Crippen LogP contribution in [0.2, 0.25) is 0 Å². The molecule has 2 aromatic carbocycles. The highest BCUT2D eigenvalue weighted by molar-refractivity contribution is 6.08. The van der Waals surface area contributed by atoms with Crippen LogP contribution in [0, 0.1) is 5.82 Å². The van der Waals surface area contributed by atoms with Gasteiger partial charge in [0.25, 0.3) is 0 Å². The van der Waals surface area contributed by atoms with E-state index in [1.165, 1.54) is 30.5 Å². The first-order chi connectivity index (χ1) is 19.2. The first kappa shape index (κ1) is 30.0. The minimum absolute atomic E-state index is 0.254. The molecule has 0 saturated carbocycles. The van der Waals surface area contributed by atoms with Crippen LogP contribution in [0.1, 0.15) is 26.7 Å². The van der Waals surface area contributed by atoms with Gasteiger partial charge in [0.1, 0.15) is 29.6 Å². The third-order valence-corrected chi connectivity index (χ3v) is 6.00. The highest BCUT2D eigenvalue weighted by Gasteiger charge is 2.12. The van der Waals surface area contributed by atoms with Crippen molar-refractivity contribution in [2.75, 3.05) is 49.2 Å². The maximum Gasteiger partial charge on any atom is 0.322 e. The summed E-state index contributed by atoms with van der Waals surface area (Å²) in [6, 6.07) is 14.9. The topological polar surface area (TPSA) is 116 Å². The van der Waals surface area contributed by atoms with Gasteiger partial charge < -0.3 is 25.2 Å². The fourth-order valence-corrected chi connectivity index (χ4v) is 3.75. The van der Waals surface area contributed by atoms with Crippen LogP contribution in [0.5, 0.6) is 11.5 Å². The molecule has 3 N–H and O–H groups in total. The molecule has 0 unspecified atom stereocenters. The summed E-state index contributed by atoms with van der Waals surface area (Å²) in [6.07, 6.45) is 2.02. The van der Waals surface area contributed by atoms with Crippen LogP contribution < -0.4 is 20.7 Å². The zero-order chi connectivity index (χ0) is 28.9. The highest BCUT2D eigenvalue weighted by Crippen LogP contribution is 2.24. The molecule has 40 heavy (non-hydrogen) atoms. The van der Waals surface area contributed by atoms with Crippen LogP contribution in [0.4, 0.5) is 26.4 Å². The summed E-state index contributed by atoms with van der Waals surface area (Å²) >= 11 is 0. The Morgan fingerprint density at radius 1 is 0.825 bits per heavy atom. The van der Waals surface area contributed by atoms with Gasteiger partial charge in [0.15, 0.2) is 0 Å². The molecule has 4 amide bonds. The number of benzene rings is 2. The summed E-state index contributed by atoms with van der Waals surface area (Å²) in [4.78, 5) is 45.0. The van der Waals surface area contributed by atoms with Crippen molar-refractivity contribution < 1.29 is 23.5 Å². The molecule has 0 bridgehead atoms. The van der Waals surface area contributed by atoms with Gasteiger partial charge in [0.05, 0.1) is 0 Å². The minimum atomic E-state index is -0.518. The summed E-state index contributed by atoms with van der Waals surface area (Å²) in [5, 5.41) is 7.97. The SMILES string of the molecule is CCN(CC)CCCN(C)C(=O)Nc1cc(Oc2ccc(NC(=O)CC(=O)Nc3ccc(F)cc3)cc2)ccn1. The third kappa shape index (κ3) is 9.99. The van der Waals surface area contributed by atoms with E-state index in [4.69, 9.17) is 4.74 Å². The molecule has 3 aromatic rings. The molecule has 0 radical (unpaired) electrons. The van der Waals surface area contributed by atoms with Crippen LogP contribution in [0.3, 0.4) is 0 Å². The molecule has 0 fully saturated rings. The van der Waals surface area contributed by atoms with Crippen molar-refractivity contribution in [2.24, 2.45) is 0 Å². The molecular formula is C29H35FN6O4. The number of anilines is 3. The lowest BCUT2D eigenvalue weighted by Gasteiger charge is -2.21. The van der Waals surface area contributed by atoms with Crippen molar-refractivity contribution in [2.45, 2.75) is 26.7 Å². The van der Waals surface area contributed by atoms with Crippen molar-refractivity contribution >= 4 is 35.0 Å². The average Bonchev–Trinajstić information content (AvgIpc) is 2.93. The molecule has 10 nitrogen and oxygen atoms in total. The van der Waals surface area contributed by atoms with E-state index in [9.17, 15) is 18.8 Å². The predicted molar refractivity (Wildman–Crippen MR) is 153 cm³/mol. The fourth-order valence-electron chi connectivity index (χ4n) is 3.75. The molecule has 3 rings (SSSR count). The van der Waals surface area contributed by atoms with E-state index in [-0.39, 0.29) is 6.03 Å². The van der Waals surface area contributed by atoms with Gasteiger partial charge in [-0.05, 0) is 80.7 Å². The van der Waals surface area contributed by atoms with Gasteiger partial charge in [0.2, 0.25) is 11.8 Å². The molecular weight excluding hydrogens is 515 g/mol. The molecule has 0 spiro atoms. The standard InChI is InChI=1S/C29H35FN6O4/c1-4-36(5-2)18-6-17-35(3)29(39)34-26-19-25(15-16-31-26)40-24-13-11-23(12-14-24)33-28(38)20-27(37)32-22-9-7-21(30)8-10-22/h7-16,19H,4-6,17-18,20H2,1-3H3,(H,32,37)(H,33,38)(H,31,34,39). The minimum Gasteiger partial charge on any atom is -0.457 e. The summed E-state index contributed by atoms with van der Waals surface area (Å²) < 4.78 is 18.8. The number of ether oxygens (including phenoxy) is 1. The molecule has 0 saturated heterocycles. The van der Waals surface area contributed by atoms with E-state index in [2.05, 4.69) is 39.7 Å². The van der Waals surface area contributed by atoms with E-state index in [1.54, 1.807) is 48.3 Å². The van der Waals surface area contributed by atoms with Crippen molar-refractivity contribution in [1.29, 1.82) is 0 Å². The Hall–Kier alpha value is -4.51.